The number of fused-ring (bicyclic) bond motifs is 2. The number of ether oxygens (including phenoxy) is 1. The molecule has 3 atom stereocenters. The normalized spacial score (nSPS) is 22.0. The first kappa shape index (κ1) is 26.8. The molecule has 39 heavy (non-hydrogen) atoms. The fourth-order valence-electron chi connectivity index (χ4n) is 6.36. The van der Waals surface area contributed by atoms with Crippen LogP contribution in [0.3, 0.4) is 0 Å². The van der Waals surface area contributed by atoms with Crippen molar-refractivity contribution >= 4 is 11.9 Å². The molecule has 0 spiro atoms. The molecule has 2 N–H and O–H groups in total. The lowest BCUT2D eigenvalue weighted by molar-refractivity contribution is -0.138. The fourth-order valence-corrected chi connectivity index (χ4v) is 6.36. The van der Waals surface area contributed by atoms with Crippen molar-refractivity contribution in [1.29, 1.82) is 0 Å². The number of alkyl halides is 3. The Labute approximate surface area is 225 Å². The molecule has 0 radical (unpaired) electrons. The Balaban J connectivity index is 1.33. The largest absolute Gasteiger partial charge is 0.489 e. The summed E-state index contributed by atoms with van der Waals surface area (Å²) < 4.78 is 44.9. The molecule has 0 aliphatic heterocycles. The average molecular weight is 538 g/mol. The number of hydrogen-bond acceptors (Lipinski definition) is 3. The van der Waals surface area contributed by atoms with Gasteiger partial charge in [0, 0.05) is 17.5 Å². The van der Waals surface area contributed by atoms with Gasteiger partial charge in [-0.3, -0.25) is 9.59 Å². The van der Waals surface area contributed by atoms with Crippen molar-refractivity contribution in [3.8, 4) is 5.75 Å². The van der Waals surface area contributed by atoms with E-state index in [9.17, 15) is 22.8 Å². The van der Waals surface area contributed by atoms with Crippen LogP contribution >= 0.6 is 0 Å². The summed E-state index contributed by atoms with van der Waals surface area (Å²) >= 11 is 0. The maximum absolute atomic E-state index is 13.0. The van der Waals surface area contributed by atoms with E-state index in [0.717, 1.165) is 37.0 Å². The molecule has 0 saturated heterocycles. The first-order chi connectivity index (χ1) is 18.6. The number of benzene rings is 3. The second-order valence-corrected chi connectivity index (χ2v) is 10.5. The molecular weight excluding hydrogens is 507 g/mol. The highest BCUT2D eigenvalue weighted by molar-refractivity contribution is 5.94. The van der Waals surface area contributed by atoms with Crippen molar-refractivity contribution in [3.63, 3.8) is 0 Å². The lowest BCUT2D eigenvalue weighted by Gasteiger charge is -2.39. The molecule has 2 saturated carbocycles. The molecule has 0 aromatic heterocycles. The van der Waals surface area contributed by atoms with E-state index < -0.39 is 17.7 Å². The van der Waals surface area contributed by atoms with Gasteiger partial charge in [0.2, 0.25) is 0 Å². The minimum Gasteiger partial charge on any atom is -0.489 e. The third kappa shape index (κ3) is 5.65. The smallest absolute Gasteiger partial charge is 0.416 e. The van der Waals surface area contributed by atoms with Crippen LogP contribution in [-0.4, -0.2) is 23.5 Å². The first-order valence-electron chi connectivity index (χ1n) is 13.1. The van der Waals surface area contributed by atoms with Crippen LogP contribution in [0, 0.1) is 11.8 Å². The Hall–Kier alpha value is -3.81. The molecular formula is C31H30F3NO4. The summed E-state index contributed by atoms with van der Waals surface area (Å²) in [6.07, 6.45) is 0.00664. The summed E-state index contributed by atoms with van der Waals surface area (Å²) in [6.45, 7) is 0.112. The van der Waals surface area contributed by atoms with Crippen molar-refractivity contribution in [2.24, 2.45) is 11.8 Å². The molecule has 204 valence electrons. The van der Waals surface area contributed by atoms with Crippen LogP contribution in [0.5, 0.6) is 5.75 Å². The zero-order chi connectivity index (χ0) is 27.6. The molecule has 3 aromatic carbocycles. The lowest BCUT2D eigenvalue weighted by Crippen LogP contribution is -2.34. The highest BCUT2D eigenvalue weighted by Crippen LogP contribution is 2.60. The molecule has 3 unspecified atom stereocenters. The average Bonchev–Trinajstić information content (AvgIpc) is 3.54. The molecule has 2 aliphatic carbocycles. The number of amides is 1. The highest BCUT2D eigenvalue weighted by atomic mass is 19.4. The quantitative estimate of drug-likeness (QED) is 0.323. The number of hydrogen-bond donors (Lipinski definition) is 2. The van der Waals surface area contributed by atoms with Crippen LogP contribution < -0.4 is 10.1 Å². The number of carbonyl (C=O) groups excluding carboxylic acids is 1. The zero-order valence-corrected chi connectivity index (χ0v) is 21.3. The molecule has 8 heteroatoms. The minimum atomic E-state index is -4.39. The van der Waals surface area contributed by atoms with E-state index in [1.165, 1.54) is 18.1 Å². The van der Waals surface area contributed by atoms with Crippen molar-refractivity contribution in [2.75, 3.05) is 6.54 Å². The predicted octanol–water partition coefficient (Wildman–Crippen LogP) is 6.60. The van der Waals surface area contributed by atoms with Crippen LogP contribution in [0.4, 0.5) is 13.2 Å². The zero-order valence-electron chi connectivity index (χ0n) is 21.3. The van der Waals surface area contributed by atoms with Gasteiger partial charge in [0.05, 0.1) is 12.0 Å². The van der Waals surface area contributed by atoms with Gasteiger partial charge < -0.3 is 15.2 Å². The number of carbonyl (C=O) groups is 2. The number of nitrogens with one attached hydrogen (secondary N) is 1. The molecule has 3 aromatic rings. The van der Waals surface area contributed by atoms with Crippen LogP contribution in [-0.2, 0) is 23.0 Å². The minimum absolute atomic E-state index is 0.0368. The van der Waals surface area contributed by atoms with E-state index in [-0.39, 0.29) is 30.9 Å². The van der Waals surface area contributed by atoms with Gasteiger partial charge in [-0.1, -0.05) is 42.8 Å². The summed E-state index contributed by atoms with van der Waals surface area (Å²) in [5.74, 6) is 0.450. The summed E-state index contributed by atoms with van der Waals surface area (Å²) in [5, 5.41) is 11.4. The highest BCUT2D eigenvalue weighted by Gasteiger charge is 2.52. The van der Waals surface area contributed by atoms with Gasteiger partial charge in [-0.05, 0) is 84.2 Å². The van der Waals surface area contributed by atoms with Gasteiger partial charge in [-0.25, -0.2) is 0 Å². The van der Waals surface area contributed by atoms with Gasteiger partial charge in [-0.2, -0.15) is 13.2 Å². The maximum atomic E-state index is 13.0. The van der Waals surface area contributed by atoms with Gasteiger partial charge in [-0.15, -0.1) is 0 Å². The van der Waals surface area contributed by atoms with Crippen molar-refractivity contribution in [2.45, 2.75) is 50.3 Å². The third-order valence-electron chi connectivity index (χ3n) is 8.16. The van der Waals surface area contributed by atoms with Gasteiger partial charge >= 0.3 is 12.1 Å². The van der Waals surface area contributed by atoms with Gasteiger partial charge in [0.25, 0.3) is 5.91 Å². The summed E-state index contributed by atoms with van der Waals surface area (Å²) in [4.78, 5) is 23.1. The van der Waals surface area contributed by atoms with E-state index in [1.807, 2.05) is 24.3 Å². The van der Waals surface area contributed by atoms with Crippen LogP contribution in [0.2, 0.25) is 0 Å². The van der Waals surface area contributed by atoms with Crippen LogP contribution in [0.1, 0.15) is 64.7 Å². The van der Waals surface area contributed by atoms with Crippen LogP contribution in [0.25, 0.3) is 0 Å². The van der Waals surface area contributed by atoms with E-state index in [4.69, 9.17) is 9.84 Å². The molecule has 2 aliphatic rings. The Morgan fingerprint density at radius 1 is 0.974 bits per heavy atom. The topological polar surface area (TPSA) is 75.6 Å². The SMILES string of the molecule is O=C(O)CCNC(=O)c1ccc(C2(c3ccc(OCc4cccc(C(F)(F)F)c4)cc3)CC3CCC2C3)cc1. The Morgan fingerprint density at radius 3 is 2.26 bits per heavy atom. The Morgan fingerprint density at radius 2 is 1.67 bits per heavy atom. The Kier molecular flexibility index (Phi) is 7.38. The number of aliphatic carboxylic acids is 1. The molecule has 1 amide bonds. The molecule has 2 bridgehead atoms. The first-order valence-corrected chi connectivity index (χ1v) is 13.1. The monoisotopic (exact) mass is 537 g/mol. The van der Waals surface area contributed by atoms with E-state index >= 15 is 0 Å². The maximum Gasteiger partial charge on any atom is 0.416 e. The molecule has 5 rings (SSSR count). The summed E-state index contributed by atoms with van der Waals surface area (Å²) in [7, 11) is 0. The number of carboxylic acids is 1. The third-order valence-corrected chi connectivity index (χ3v) is 8.16. The lowest BCUT2D eigenvalue weighted by atomic mass is 9.64. The number of rotatable bonds is 9. The molecule has 5 nitrogen and oxygen atoms in total. The molecule has 0 heterocycles. The van der Waals surface area contributed by atoms with Crippen molar-refractivity contribution < 1.29 is 32.6 Å². The van der Waals surface area contributed by atoms with Crippen LogP contribution in [0.15, 0.2) is 72.8 Å². The summed E-state index contributed by atoms with van der Waals surface area (Å²) in [6, 6.07) is 20.6. The second kappa shape index (κ2) is 10.8. The standard InChI is InChI=1S/C31H30F3NO4/c32-31(33,34)26-3-1-2-21(17-26)19-39-27-12-10-24(11-13-27)30(18-20-4-7-25(30)16-20)23-8-5-22(6-9-23)29(38)35-15-14-28(36)37/h1-3,5-6,8-13,17,20,25H,4,7,14-16,18-19H2,(H,35,38)(H,36,37). The van der Waals surface area contributed by atoms with E-state index in [0.29, 0.717) is 28.7 Å². The predicted molar refractivity (Wildman–Crippen MR) is 139 cm³/mol. The van der Waals surface area contributed by atoms with E-state index in [1.54, 1.807) is 18.2 Å². The van der Waals surface area contributed by atoms with Crippen molar-refractivity contribution in [1.82, 2.24) is 5.32 Å². The Bertz CT molecular complexity index is 1340. The number of halogens is 3. The number of carboxylic acid groups (broad SMARTS) is 1. The van der Waals surface area contributed by atoms with Gasteiger partial charge in [0.1, 0.15) is 12.4 Å². The molecule has 2 fully saturated rings. The second-order valence-electron chi connectivity index (χ2n) is 10.5. The van der Waals surface area contributed by atoms with Crippen molar-refractivity contribution in [3.05, 3.63) is 101 Å². The summed E-state index contributed by atoms with van der Waals surface area (Å²) in [5.41, 5.74) is 2.38. The van der Waals surface area contributed by atoms with E-state index in [2.05, 4.69) is 17.4 Å². The van der Waals surface area contributed by atoms with Gasteiger partial charge in [0.15, 0.2) is 0 Å². The fraction of sp³-hybridized carbons (Fsp3) is 0.355.